The molecule has 0 aromatic carbocycles. The third-order valence-corrected chi connectivity index (χ3v) is 4.55. The third kappa shape index (κ3) is 5.44. The maximum absolute atomic E-state index is 13.6. The Balaban J connectivity index is 2.07. The van der Waals surface area contributed by atoms with Crippen LogP contribution in [0.5, 0.6) is 0 Å². The summed E-state index contributed by atoms with van der Waals surface area (Å²) in [4.78, 5) is 29.2. The molecule has 2 N–H and O–H groups in total. The Morgan fingerprint density at radius 3 is 2.81 bits per heavy atom. The van der Waals surface area contributed by atoms with E-state index in [1.165, 1.54) is 12.4 Å². The summed E-state index contributed by atoms with van der Waals surface area (Å²) in [5.74, 6) is -0.895. The molecule has 10 heteroatoms. The highest BCUT2D eigenvalue weighted by Gasteiger charge is 2.25. The van der Waals surface area contributed by atoms with E-state index in [4.69, 9.17) is 4.74 Å². The first-order valence-electron chi connectivity index (χ1n) is 9.84. The molecular weight excluding hydrogens is 408 g/mol. The Hall–Kier alpha value is -3.30. The van der Waals surface area contributed by atoms with E-state index in [0.29, 0.717) is 22.4 Å². The first kappa shape index (κ1) is 22.4. The van der Waals surface area contributed by atoms with Crippen molar-refractivity contribution >= 4 is 17.7 Å². The molecule has 2 bridgehead atoms. The van der Waals surface area contributed by atoms with Gasteiger partial charge in [0.25, 0.3) is 0 Å². The number of carbonyl (C=O) groups is 2. The molecule has 2 aromatic rings. The molecule has 0 saturated carbocycles. The van der Waals surface area contributed by atoms with Crippen LogP contribution in [0.2, 0.25) is 0 Å². The number of rotatable bonds is 2. The molecule has 8 nitrogen and oxygen atoms in total. The zero-order valence-corrected chi connectivity index (χ0v) is 17.7. The molecule has 0 fully saturated rings. The van der Waals surface area contributed by atoms with E-state index in [1.54, 1.807) is 52.0 Å². The zero-order valence-electron chi connectivity index (χ0n) is 17.7. The molecule has 0 aliphatic carbocycles. The zero-order chi connectivity index (χ0) is 22.8. The number of nitrogens with one attached hydrogen (secondary N) is 2. The van der Waals surface area contributed by atoms with Gasteiger partial charge in [-0.2, -0.15) is 13.9 Å². The predicted octanol–water partition coefficient (Wildman–Crippen LogP) is 4.44. The molecule has 31 heavy (non-hydrogen) atoms. The van der Waals surface area contributed by atoms with E-state index in [-0.39, 0.29) is 17.3 Å². The van der Waals surface area contributed by atoms with Crippen molar-refractivity contribution in [3.8, 4) is 11.3 Å². The minimum atomic E-state index is -2.90. The number of anilines is 1. The van der Waals surface area contributed by atoms with Gasteiger partial charge in [0.15, 0.2) is 0 Å². The molecular formula is C21H25F2N5O3. The number of nitrogens with zero attached hydrogens (tertiary/aromatic N) is 3. The lowest BCUT2D eigenvalue weighted by atomic mass is 10.0. The van der Waals surface area contributed by atoms with Gasteiger partial charge in [0.2, 0.25) is 5.91 Å². The van der Waals surface area contributed by atoms with E-state index >= 15 is 0 Å². The second kappa shape index (κ2) is 8.83. The summed E-state index contributed by atoms with van der Waals surface area (Å²) in [5, 5.41) is 9.17. The van der Waals surface area contributed by atoms with Gasteiger partial charge in [-0.3, -0.25) is 9.78 Å². The predicted molar refractivity (Wildman–Crippen MR) is 110 cm³/mol. The standard InChI is InChI=1S/C21H25F2N5O3/c1-12-6-5-7-14(27-20(30)31-21(2,3)4)15-10-13(8-9-24-15)17-16(26-18(12)29)11-25-28(17)19(22)23/h5-6,8-12,14,19H,7H2,1-4H3,(H,26,29)(H,27,30)/b6-5-/t12-,14+/m1/s1. The summed E-state index contributed by atoms with van der Waals surface area (Å²) in [6.45, 7) is 4.03. The molecule has 0 unspecified atom stereocenters. The summed E-state index contributed by atoms with van der Waals surface area (Å²) >= 11 is 0. The number of alkyl carbamates (subject to hydrolysis) is 1. The van der Waals surface area contributed by atoms with Gasteiger partial charge in [0.05, 0.1) is 35.2 Å². The number of alkyl halides is 2. The highest BCUT2D eigenvalue weighted by atomic mass is 19.3. The SMILES string of the molecule is C[C@@H]1/C=C\C[C@H](NC(=O)OC(C)(C)C)c2cc(ccn2)-c2c(cnn2C(F)F)NC1=O. The van der Waals surface area contributed by atoms with Crippen molar-refractivity contribution in [3.63, 3.8) is 0 Å². The van der Waals surface area contributed by atoms with Gasteiger partial charge in [-0.05, 0) is 39.3 Å². The fourth-order valence-electron chi connectivity index (χ4n) is 3.13. The minimum absolute atomic E-state index is 0.0553. The van der Waals surface area contributed by atoms with Crippen LogP contribution in [0.3, 0.4) is 0 Å². The monoisotopic (exact) mass is 433 g/mol. The summed E-state index contributed by atoms with van der Waals surface area (Å²) in [7, 11) is 0. The number of aromatic nitrogens is 3. The summed E-state index contributed by atoms with van der Waals surface area (Å²) in [5.41, 5.74) is 0.373. The highest BCUT2D eigenvalue weighted by Crippen LogP contribution is 2.33. The van der Waals surface area contributed by atoms with Crippen molar-refractivity contribution in [2.75, 3.05) is 5.32 Å². The maximum atomic E-state index is 13.6. The third-order valence-electron chi connectivity index (χ3n) is 4.55. The second-order valence-corrected chi connectivity index (χ2v) is 8.24. The largest absolute Gasteiger partial charge is 0.444 e. The Morgan fingerprint density at radius 2 is 2.13 bits per heavy atom. The number of amides is 2. The molecule has 1 aliphatic heterocycles. The number of hydrogen-bond donors (Lipinski definition) is 2. The first-order valence-corrected chi connectivity index (χ1v) is 9.84. The average molecular weight is 433 g/mol. The van der Waals surface area contributed by atoms with Gasteiger partial charge in [0.1, 0.15) is 5.60 Å². The van der Waals surface area contributed by atoms with Gasteiger partial charge in [-0.15, -0.1) is 0 Å². The van der Waals surface area contributed by atoms with E-state index in [9.17, 15) is 18.4 Å². The van der Waals surface area contributed by atoms with E-state index < -0.39 is 30.2 Å². The van der Waals surface area contributed by atoms with Crippen LogP contribution in [0.1, 0.15) is 52.4 Å². The average Bonchev–Trinajstić information content (AvgIpc) is 3.08. The van der Waals surface area contributed by atoms with Crippen LogP contribution in [-0.2, 0) is 9.53 Å². The number of hydrogen-bond acceptors (Lipinski definition) is 5. The van der Waals surface area contributed by atoms with Crippen LogP contribution in [-0.4, -0.2) is 32.4 Å². The molecule has 2 amide bonds. The van der Waals surface area contributed by atoms with Gasteiger partial charge >= 0.3 is 12.6 Å². The lowest BCUT2D eigenvalue weighted by molar-refractivity contribution is -0.118. The Bertz CT molecular complexity index is 997. The number of fused-ring (bicyclic) bond motifs is 4. The van der Waals surface area contributed by atoms with Crippen LogP contribution in [0.4, 0.5) is 19.3 Å². The van der Waals surface area contributed by atoms with Crippen molar-refractivity contribution < 1.29 is 23.1 Å². The lowest BCUT2D eigenvalue weighted by Gasteiger charge is -2.23. The first-order chi connectivity index (χ1) is 14.5. The van der Waals surface area contributed by atoms with Crippen molar-refractivity contribution in [1.82, 2.24) is 20.1 Å². The van der Waals surface area contributed by atoms with Crippen LogP contribution < -0.4 is 10.6 Å². The van der Waals surface area contributed by atoms with E-state index in [0.717, 1.165) is 0 Å². The fourth-order valence-corrected chi connectivity index (χ4v) is 3.13. The quantitative estimate of drug-likeness (QED) is 0.683. The number of pyridine rings is 1. The molecule has 3 rings (SSSR count). The second-order valence-electron chi connectivity index (χ2n) is 8.24. The molecule has 1 aliphatic rings. The van der Waals surface area contributed by atoms with Crippen LogP contribution in [0.15, 0.2) is 36.7 Å². The van der Waals surface area contributed by atoms with Gasteiger partial charge in [-0.25, -0.2) is 9.48 Å². The highest BCUT2D eigenvalue weighted by molar-refractivity contribution is 5.96. The number of carbonyl (C=O) groups excluding carboxylic acids is 2. The van der Waals surface area contributed by atoms with E-state index in [1.807, 2.05) is 0 Å². The van der Waals surface area contributed by atoms with Crippen LogP contribution >= 0.6 is 0 Å². The van der Waals surface area contributed by atoms with Crippen LogP contribution in [0.25, 0.3) is 11.3 Å². The minimum Gasteiger partial charge on any atom is -0.444 e. The van der Waals surface area contributed by atoms with Crippen molar-refractivity contribution in [2.24, 2.45) is 5.92 Å². The summed E-state index contributed by atoms with van der Waals surface area (Å²) in [6, 6.07) is 2.55. The molecule has 2 atom stereocenters. The molecule has 0 saturated heterocycles. The Labute approximate surface area is 178 Å². The topological polar surface area (TPSA) is 98.1 Å². The molecule has 0 radical (unpaired) electrons. The van der Waals surface area contributed by atoms with Gasteiger partial charge in [0, 0.05) is 11.8 Å². The van der Waals surface area contributed by atoms with E-state index in [2.05, 4.69) is 20.7 Å². The van der Waals surface area contributed by atoms with Gasteiger partial charge < -0.3 is 15.4 Å². The normalized spacial score (nSPS) is 20.2. The van der Waals surface area contributed by atoms with Crippen molar-refractivity contribution in [3.05, 3.63) is 42.4 Å². The molecule has 0 spiro atoms. The molecule has 3 heterocycles. The lowest BCUT2D eigenvalue weighted by Crippen LogP contribution is -2.35. The fraction of sp³-hybridized carbons (Fsp3) is 0.429. The summed E-state index contributed by atoms with van der Waals surface area (Å²) < 4.78 is 33.0. The Morgan fingerprint density at radius 1 is 1.39 bits per heavy atom. The van der Waals surface area contributed by atoms with Crippen LogP contribution in [0, 0.1) is 5.92 Å². The maximum Gasteiger partial charge on any atom is 0.408 e. The smallest absolute Gasteiger partial charge is 0.408 e. The Kier molecular flexibility index (Phi) is 6.37. The number of halogens is 2. The van der Waals surface area contributed by atoms with Gasteiger partial charge in [-0.1, -0.05) is 19.1 Å². The molecule has 2 aromatic heterocycles. The molecule has 166 valence electrons. The van der Waals surface area contributed by atoms with Crippen molar-refractivity contribution in [2.45, 2.75) is 52.3 Å². The summed E-state index contributed by atoms with van der Waals surface area (Å²) in [6.07, 6.45) is 5.80. The van der Waals surface area contributed by atoms with Crippen molar-refractivity contribution in [1.29, 1.82) is 0 Å². The number of ether oxygens (including phenoxy) is 1.